The van der Waals surface area contributed by atoms with E-state index in [0.717, 1.165) is 5.56 Å². The highest BCUT2D eigenvalue weighted by molar-refractivity contribution is 5.98. The molecule has 4 N–H and O–H groups in total. The van der Waals surface area contributed by atoms with Crippen LogP contribution in [0.1, 0.15) is 36.2 Å². The molecule has 0 aliphatic heterocycles. The third kappa shape index (κ3) is 8.09. The van der Waals surface area contributed by atoms with Crippen molar-refractivity contribution in [2.45, 2.75) is 32.7 Å². The van der Waals surface area contributed by atoms with Gasteiger partial charge in [0.15, 0.2) is 0 Å². The first kappa shape index (κ1) is 24.5. The average Bonchev–Trinajstić information content (AvgIpc) is 2.82. The molecule has 0 aliphatic carbocycles. The number of nitrogens with one attached hydrogen (secondary N) is 4. The maximum Gasteiger partial charge on any atom is 0.251 e. The molecule has 7 heteroatoms. The number of hydrogen-bond donors (Lipinski definition) is 4. The van der Waals surface area contributed by atoms with E-state index < -0.39 is 0 Å². The van der Waals surface area contributed by atoms with E-state index >= 15 is 0 Å². The highest BCUT2D eigenvalue weighted by Gasteiger charge is 2.09. The third-order valence-electron chi connectivity index (χ3n) is 4.91. The van der Waals surface area contributed by atoms with Crippen molar-refractivity contribution in [2.75, 3.05) is 22.5 Å². The van der Waals surface area contributed by atoms with Crippen molar-refractivity contribution in [3.8, 4) is 0 Å². The quantitative estimate of drug-likeness (QED) is 0.361. The van der Waals surface area contributed by atoms with E-state index in [2.05, 4.69) is 21.3 Å². The molecule has 3 rings (SSSR count). The fourth-order valence-electron chi connectivity index (χ4n) is 3.30. The van der Waals surface area contributed by atoms with Crippen molar-refractivity contribution >= 4 is 34.8 Å². The summed E-state index contributed by atoms with van der Waals surface area (Å²) in [6.45, 7) is 3.81. The highest BCUT2D eigenvalue weighted by atomic mass is 16.2. The Morgan fingerprint density at radius 2 is 1.38 bits per heavy atom. The first-order valence-electron chi connectivity index (χ1n) is 11.3. The van der Waals surface area contributed by atoms with Gasteiger partial charge in [-0.25, -0.2) is 0 Å². The van der Waals surface area contributed by atoms with Crippen LogP contribution in [0.5, 0.6) is 0 Å². The van der Waals surface area contributed by atoms with E-state index in [4.69, 9.17) is 0 Å². The molecule has 3 aromatic carbocycles. The van der Waals surface area contributed by atoms with E-state index in [0.29, 0.717) is 35.5 Å². The first-order chi connectivity index (χ1) is 16.4. The SMILES string of the molecule is CC(C)NC(=O)c1cccc(NC(=O)CNc2cccc(NC(=O)CCc3ccccc3)c2)c1. The largest absolute Gasteiger partial charge is 0.376 e. The minimum Gasteiger partial charge on any atom is -0.376 e. The van der Waals surface area contributed by atoms with Crippen LogP contribution in [0.4, 0.5) is 17.1 Å². The normalized spacial score (nSPS) is 10.4. The maximum atomic E-state index is 12.4. The molecule has 3 amide bonds. The number of carbonyl (C=O) groups is 3. The number of benzene rings is 3. The molecule has 176 valence electrons. The lowest BCUT2D eigenvalue weighted by atomic mass is 10.1. The van der Waals surface area contributed by atoms with Gasteiger partial charge < -0.3 is 21.3 Å². The molecule has 3 aromatic rings. The molecule has 0 spiro atoms. The van der Waals surface area contributed by atoms with Crippen molar-refractivity contribution in [3.05, 3.63) is 90.0 Å². The van der Waals surface area contributed by atoms with Crippen LogP contribution in [0.3, 0.4) is 0 Å². The molecule has 0 saturated heterocycles. The Labute approximate surface area is 200 Å². The Morgan fingerprint density at radius 3 is 2.12 bits per heavy atom. The summed E-state index contributed by atoms with van der Waals surface area (Å²) in [6.07, 6.45) is 1.06. The standard InChI is InChI=1S/C27H30N4O3/c1-19(2)29-27(34)21-10-6-12-23(16-21)31-26(33)18-28-22-11-7-13-24(17-22)30-25(32)15-14-20-8-4-3-5-9-20/h3-13,16-17,19,28H,14-15,18H2,1-2H3,(H,29,34)(H,30,32)(H,31,33). The zero-order chi connectivity index (χ0) is 24.3. The van der Waals surface area contributed by atoms with Crippen LogP contribution in [0, 0.1) is 0 Å². The number of rotatable bonds is 10. The van der Waals surface area contributed by atoms with Gasteiger partial charge in [0.05, 0.1) is 6.54 Å². The molecule has 0 saturated carbocycles. The molecule has 0 fully saturated rings. The van der Waals surface area contributed by atoms with Gasteiger partial charge in [-0.15, -0.1) is 0 Å². The second-order valence-corrected chi connectivity index (χ2v) is 8.23. The summed E-state index contributed by atoms with van der Waals surface area (Å²) in [7, 11) is 0. The van der Waals surface area contributed by atoms with Gasteiger partial charge in [0.2, 0.25) is 11.8 Å². The molecule has 0 aromatic heterocycles. The molecule has 0 bridgehead atoms. The van der Waals surface area contributed by atoms with Crippen molar-refractivity contribution in [1.82, 2.24) is 5.32 Å². The van der Waals surface area contributed by atoms with Gasteiger partial charge in [-0.05, 0) is 62.2 Å². The molecular formula is C27H30N4O3. The summed E-state index contributed by atoms with van der Waals surface area (Å²) in [5.74, 6) is -0.509. The topological polar surface area (TPSA) is 99.3 Å². The van der Waals surface area contributed by atoms with E-state index in [1.807, 2.05) is 56.3 Å². The lowest BCUT2D eigenvalue weighted by Crippen LogP contribution is -2.30. The summed E-state index contributed by atoms with van der Waals surface area (Å²) in [4.78, 5) is 36.8. The second-order valence-electron chi connectivity index (χ2n) is 8.23. The van der Waals surface area contributed by atoms with E-state index in [-0.39, 0.29) is 30.3 Å². The van der Waals surface area contributed by atoms with Crippen LogP contribution >= 0.6 is 0 Å². The van der Waals surface area contributed by atoms with Crippen molar-refractivity contribution in [2.24, 2.45) is 0 Å². The van der Waals surface area contributed by atoms with Gasteiger partial charge in [0.25, 0.3) is 5.91 Å². The van der Waals surface area contributed by atoms with E-state index in [1.54, 1.807) is 36.4 Å². The molecule has 0 radical (unpaired) electrons. The minimum atomic E-state index is -0.251. The Balaban J connectivity index is 1.48. The van der Waals surface area contributed by atoms with Gasteiger partial charge >= 0.3 is 0 Å². The van der Waals surface area contributed by atoms with Crippen LogP contribution in [0.2, 0.25) is 0 Å². The van der Waals surface area contributed by atoms with Gasteiger partial charge in [-0.3, -0.25) is 14.4 Å². The van der Waals surface area contributed by atoms with Crippen LogP contribution in [-0.4, -0.2) is 30.3 Å². The summed E-state index contributed by atoms with van der Waals surface area (Å²) in [5.41, 5.74) is 3.51. The molecule has 0 atom stereocenters. The zero-order valence-electron chi connectivity index (χ0n) is 19.4. The summed E-state index contributed by atoms with van der Waals surface area (Å²) < 4.78 is 0. The Morgan fingerprint density at radius 1 is 0.735 bits per heavy atom. The molecule has 7 nitrogen and oxygen atoms in total. The lowest BCUT2D eigenvalue weighted by molar-refractivity contribution is -0.116. The highest BCUT2D eigenvalue weighted by Crippen LogP contribution is 2.16. The van der Waals surface area contributed by atoms with Crippen LogP contribution < -0.4 is 21.3 Å². The number of carbonyl (C=O) groups excluding carboxylic acids is 3. The number of aryl methyl sites for hydroxylation is 1. The van der Waals surface area contributed by atoms with Crippen molar-refractivity contribution in [1.29, 1.82) is 0 Å². The third-order valence-corrected chi connectivity index (χ3v) is 4.91. The number of hydrogen-bond acceptors (Lipinski definition) is 4. The van der Waals surface area contributed by atoms with Gasteiger partial charge in [0.1, 0.15) is 0 Å². The predicted molar refractivity (Wildman–Crippen MR) is 136 cm³/mol. The summed E-state index contributed by atoms with van der Waals surface area (Å²) in [6, 6.07) is 23.9. The molecular weight excluding hydrogens is 428 g/mol. The van der Waals surface area contributed by atoms with Crippen molar-refractivity contribution < 1.29 is 14.4 Å². The van der Waals surface area contributed by atoms with E-state index in [9.17, 15) is 14.4 Å². The van der Waals surface area contributed by atoms with Gasteiger partial charge in [-0.1, -0.05) is 42.5 Å². The average molecular weight is 459 g/mol. The van der Waals surface area contributed by atoms with Crippen LogP contribution in [-0.2, 0) is 16.0 Å². The molecule has 0 unspecified atom stereocenters. The summed E-state index contributed by atoms with van der Waals surface area (Å²) >= 11 is 0. The molecule has 34 heavy (non-hydrogen) atoms. The van der Waals surface area contributed by atoms with Gasteiger partial charge in [-0.2, -0.15) is 0 Å². The second kappa shape index (κ2) is 12.2. The number of anilines is 3. The minimum absolute atomic E-state index is 0.0272. The van der Waals surface area contributed by atoms with Crippen LogP contribution in [0.25, 0.3) is 0 Å². The van der Waals surface area contributed by atoms with Crippen LogP contribution in [0.15, 0.2) is 78.9 Å². The predicted octanol–water partition coefficient (Wildman–Crippen LogP) is 4.45. The molecule has 0 aliphatic rings. The van der Waals surface area contributed by atoms with Gasteiger partial charge in [0, 0.05) is 35.1 Å². The maximum absolute atomic E-state index is 12.4. The summed E-state index contributed by atoms with van der Waals surface area (Å²) in [5, 5.41) is 11.6. The fraction of sp³-hybridized carbons (Fsp3) is 0.222. The lowest BCUT2D eigenvalue weighted by Gasteiger charge is -2.12. The Bertz CT molecular complexity index is 1130. The smallest absolute Gasteiger partial charge is 0.251 e. The first-order valence-corrected chi connectivity index (χ1v) is 11.3. The van der Waals surface area contributed by atoms with E-state index in [1.165, 1.54) is 0 Å². The Kier molecular flexibility index (Phi) is 8.80. The monoisotopic (exact) mass is 458 g/mol. The zero-order valence-corrected chi connectivity index (χ0v) is 19.4. The molecule has 0 heterocycles. The number of amides is 3. The van der Waals surface area contributed by atoms with Crippen molar-refractivity contribution in [3.63, 3.8) is 0 Å². The Hall–Kier alpha value is -4.13. The fourth-order valence-corrected chi connectivity index (χ4v) is 3.30.